The third kappa shape index (κ3) is 3.50. The molecule has 0 saturated carbocycles. The minimum absolute atomic E-state index is 0.000223. The van der Waals surface area contributed by atoms with Crippen LogP contribution in [0.15, 0.2) is 72.3 Å². The molecule has 1 heterocycles. The number of ether oxygens (including phenoxy) is 1. The van der Waals surface area contributed by atoms with Crippen LogP contribution in [0.2, 0.25) is 0 Å². The van der Waals surface area contributed by atoms with E-state index in [-0.39, 0.29) is 10.7 Å². The predicted octanol–water partition coefficient (Wildman–Crippen LogP) is 4.07. The van der Waals surface area contributed by atoms with Crippen molar-refractivity contribution >= 4 is 51.7 Å². The number of para-hydroxylation sites is 1. The molecule has 1 aliphatic rings. The molecule has 3 aromatic carbocycles. The summed E-state index contributed by atoms with van der Waals surface area (Å²) in [6, 6.07) is 20.6. The topological polar surface area (TPSA) is 58.6 Å². The highest BCUT2D eigenvalue weighted by Crippen LogP contribution is 2.31. The van der Waals surface area contributed by atoms with Gasteiger partial charge in [-0.25, -0.2) is 0 Å². The molecule has 1 aliphatic heterocycles. The molecule has 0 aliphatic carbocycles. The second kappa shape index (κ2) is 7.85. The van der Waals surface area contributed by atoms with Gasteiger partial charge in [-0.05, 0) is 54.2 Å². The van der Waals surface area contributed by atoms with Gasteiger partial charge in [0.15, 0.2) is 5.11 Å². The van der Waals surface area contributed by atoms with E-state index >= 15 is 0 Å². The van der Waals surface area contributed by atoms with Gasteiger partial charge in [0, 0.05) is 5.56 Å². The second-order valence-electron chi connectivity index (χ2n) is 6.42. The van der Waals surface area contributed by atoms with Crippen LogP contribution in [0.1, 0.15) is 12.5 Å². The van der Waals surface area contributed by atoms with Gasteiger partial charge in [-0.3, -0.25) is 19.8 Å². The van der Waals surface area contributed by atoms with Crippen LogP contribution in [0.3, 0.4) is 0 Å². The lowest BCUT2D eigenvalue weighted by atomic mass is 9.99. The van der Waals surface area contributed by atoms with Crippen LogP contribution < -0.4 is 15.0 Å². The van der Waals surface area contributed by atoms with E-state index in [0.717, 1.165) is 10.8 Å². The molecule has 2 amide bonds. The quantitative estimate of drug-likeness (QED) is 0.406. The molecule has 0 bridgehead atoms. The standard InChI is InChI=1S/C23H18N2O3S/c1-2-28-20-13-12-15-8-6-7-11-17(15)18(20)14-19-21(26)24-23(29)25(22(19)27)16-9-4-3-5-10-16/h3-14H,2H2,1H3,(H,24,26,29). The Hall–Kier alpha value is -3.51. The van der Waals surface area contributed by atoms with Crippen LogP contribution in [0.5, 0.6) is 5.75 Å². The van der Waals surface area contributed by atoms with Crippen LogP contribution in [0.25, 0.3) is 16.8 Å². The van der Waals surface area contributed by atoms with Gasteiger partial charge in [-0.1, -0.05) is 48.5 Å². The predicted molar refractivity (Wildman–Crippen MR) is 118 cm³/mol. The zero-order valence-corrected chi connectivity index (χ0v) is 16.5. The van der Waals surface area contributed by atoms with E-state index in [9.17, 15) is 9.59 Å². The van der Waals surface area contributed by atoms with Crippen LogP contribution in [-0.2, 0) is 9.59 Å². The summed E-state index contributed by atoms with van der Waals surface area (Å²) in [5.41, 5.74) is 1.28. The number of benzene rings is 3. The molecule has 0 unspecified atom stereocenters. The Balaban J connectivity index is 1.87. The Kier molecular flexibility index (Phi) is 5.10. The zero-order valence-electron chi connectivity index (χ0n) is 15.7. The van der Waals surface area contributed by atoms with Crippen molar-refractivity contribution in [3.8, 4) is 5.75 Å². The summed E-state index contributed by atoms with van der Waals surface area (Å²) in [5.74, 6) is -0.387. The van der Waals surface area contributed by atoms with Crippen LogP contribution >= 0.6 is 12.2 Å². The Morgan fingerprint density at radius 1 is 1.00 bits per heavy atom. The molecule has 0 spiro atoms. The summed E-state index contributed by atoms with van der Waals surface area (Å²) >= 11 is 5.25. The third-order valence-corrected chi connectivity index (χ3v) is 4.92. The average molecular weight is 402 g/mol. The number of fused-ring (bicyclic) bond motifs is 1. The van der Waals surface area contributed by atoms with Crippen molar-refractivity contribution in [3.63, 3.8) is 0 Å². The van der Waals surface area contributed by atoms with E-state index in [1.807, 2.05) is 61.5 Å². The van der Waals surface area contributed by atoms with Crippen LogP contribution in [-0.4, -0.2) is 23.5 Å². The van der Waals surface area contributed by atoms with Crippen molar-refractivity contribution in [2.24, 2.45) is 0 Å². The lowest BCUT2D eigenvalue weighted by molar-refractivity contribution is -0.122. The fourth-order valence-corrected chi connectivity index (χ4v) is 3.60. The Labute approximate surface area is 173 Å². The van der Waals surface area contributed by atoms with E-state index in [4.69, 9.17) is 17.0 Å². The van der Waals surface area contributed by atoms with Crippen molar-refractivity contribution in [2.75, 3.05) is 11.5 Å². The molecule has 1 N–H and O–H groups in total. The second-order valence-corrected chi connectivity index (χ2v) is 6.81. The molecule has 4 rings (SSSR count). The summed E-state index contributed by atoms with van der Waals surface area (Å²) in [5, 5.41) is 4.56. The Morgan fingerprint density at radius 2 is 1.72 bits per heavy atom. The minimum Gasteiger partial charge on any atom is -0.493 e. The van der Waals surface area contributed by atoms with E-state index < -0.39 is 11.8 Å². The van der Waals surface area contributed by atoms with Gasteiger partial charge in [0.1, 0.15) is 11.3 Å². The van der Waals surface area contributed by atoms with Gasteiger partial charge in [0.2, 0.25) is 0 Å². The molecule has 6 heteroatoms. The minimum atomic E-state index is -0.525. The molecule has 29 heavy (non-hydrogen) atoms. The molecular weight excluding hydrogens is 384 g/mol. The number of nitrogens with one attached hydrogen (secondary N) is 1. The largest absolute Gasteiger partial charge is 0.493 e. The normalized spacial score (nSPS) is 15.7. The highest BCUT2D eigenvalue weighted by molar-refractivity contribution is 7.80. The maximum Gasteiger partial charge on any atom is 0.270 e. The molecule has 0 radical (unpaired) electrons. The molecule has 1 saturated heterocycles. The number of nitrogens with zero attached hydrogens (tertiary/aromatic N) is 1. The highest BCUT2D eigenvalue weighted by Gasteiger charge is 2.34. The van der Waals surface area contributed by atoms with E-state index in [0.29, 0.717) is 23.6 Å². The van der Waals surface area contributed by atoms with Gasteiger partial charge < -0.3 is 4.74 Å². The maximum atomic E-state index is 13.2. The number of hydrogen-bond acceptors (Lipinski definition) is 4. The smallest absolute Gasteiger partial charge is 0.270 e. The molecule has 1 fully saturated rings. The highest BCUT2D eigenvalue weighted by atomic mass is 32.1. The summed E-state index contributed by atoms with van der Waals surface area (Å²) < 4.78 is 5.76. The first kappa shape index (κ1) is 18.8. The third-order valence-electron chi connectivity index (χ3n) is 4.64. The number of thiocarbonyl (C=S) groups is 1. The first-order valence-electron chi connectivity index (χ1n) is 9.21. The van der Waals surface area contributed by atoms with Crippen molar-refractivity contribution in [2.45, 2.75) is 6.92 Å². The van der Waals surface area contributed by atoms with Crippen LogP contribution in [0.4, 0.5) is 5.69 Å². The molecule has 5 nitrogen and oxygen atoms in total. The lowest BCUT2D eigenvalue weighted by Gasteiger charge is -2.29. The van der Waals surface area contributed by atoms with Crippen LogP contribution in [0, 0.1) is 0 Å². The van der Waals surface area contributed by atoms with Crippen molar-refractivity contribution in [1.29, 1.82) is 0 Å². The SMILES string of the molecule is CCOc1ccc2ccccc2c1C=C1C(=O)NC(=S)N(c2ccccc2)C1=O. The summed E-state index contributed by atoms with van der Waals surface area (Å²) in [7, 11) is 0. The first-order chi connectivity index (χ1) is 14.1. The van der Waals surface area contributed by atoms with E-state index in [1.165, 1.54) is 4.90 Å². The lowest BCUT2D eigenvalue weighted by Crippen LogP contribution is -2.54. The van der Waals surface area contributed by atoms with Gasteiger partial charge in [-0.2, -0.15) is 0 Å². The molecule has 3 aromatic rings. The maximum absolute atomic E-state index is 13.2. The Morgan fingerprint density at radius 3 is 2.48 bits per heavy atom. The number of rotatable bonds is 4. The van der Waals surface area contributed by atoms with Crippen molar-refractivity contribution in [3.05, 3.63) is 77.9 Å². The number of anilines is 1. The van der Waals surface area contributed by atoms with Gasteiger partial charge in [-0.15, -0.1) is 0 Å². The van der Waals surface area contributed by atoms with Gasteiger partial charge in [0.25, 0.3) is 11.8 Å². The summed E-state index contributed by atoms with van der Waals surface area (Å²) in [6.45, 7) is 2.36. The number of hydrogen-bond donors (Lipinski definition) is 1. The molecular formula is C23H18N2O3S. The van der Waals surface area contributed by atoms with E-state index in [1.54, 1.807) is 18.2 Å². The summed E-state index contributed by atoms with van der Waals surface area (Å²) in [6.07, 6.45) is 1.59. The fourth-order valence-electron chi connectivity index (χ4n) is 3.32. The monoisotopic (exact) mass is 402 g/mol. The molecule has 0 atom stereocenters. The Bertz CT molecular complexity index is 1160. The summed E-state index contributed by atoms with van der Waals surface area (Å²) in [4.78, 5) is 27.2. The number of carbonyl (C=O) groups is 2. The average Bonchev–Trinajstić information content (AvgIpc) is 2.73. The number of amides is 2. The molecule has 144 valence electrons. The van der Waals surface area contributed by atoms with Crippen molar-refractivity contribution < 1.29 is 14.3 Å². The fraction of sp³-hybridized carbons (Fsp3) is 0.0870. The zero-order chi connectivity index (χ0) is 20.4. The van der Waals surface area contributed by atoms with Gasteiger partial charge in [0.05, 0.1) is 12.3 Å². The van der Waals surface area contributed by atoms with Crippen molar-refractivity contribution in [1.82, 2.24) is 5.32 Å². The van der Waals surface area contributed by atoms with Gasteiger partial charge >= 0.3 is 0 Å². The molecule has 0 aromatic heterocycles. The van der Waals surface area contributed by atoms with E-state index in [2.05, 4.69) is 5.32 Å². The first-order valence-corrected chi connectivity index (χ1v) is 9.62. The number of carbonyl (C=O) groups excluding carboxylic acids is 2.